The quantitative estimate of drug-likeness (QED) is 0.536. The Morgan fingerprint density at radius 1 is 1.30 bits per heavy atom. The molecule has 3 heterocycles. The highest BCUT2D eigenvalue weighted by molar-refractivity contribution is 6.31. The fourth-order valence-corrected chi connectivity index (χ4v) is 3.90. The van der Waals surface area contributed by atoms with Gasteiger partial charge in [0.15, 0.2) is 0 Å². The largest absolute Gasteiger partial charge is 0.460 e. The SMILES string of the molecule is CCC(=O)NCC1CC(c2ccc(C(=O)C3=CNC4C=CC(Cl)=CN34)cc2)C(=O)O1. The molecule has 2 N–H and O–H groups in total. The molecule has 1 amide bonds. The standard InChI is InChI=1S/C22H22ClN3O4/c1-2-20(27)25-10-16-9-17(22(29)30-16)13-3-5-14(6-4-13)21(28)18-11-24-19-8-7-15(23)12-26(18)19/h3-8,11-12,16-17,19,24H,2,9-10H2,1H3,(H,25,27). The highest BCUT2D eigenvalue weighted by Crippen LogP contribution is 2.31. The van der Waals surface area contributed by atoms with Crippen molar-refractivity contribution in [1.29, 1.82) is 0 Å². The van der Waals surface area contributed by atoms with Gasteiger partial charge in [-0.15, -0.1) is 0 Å². The summed E-state index contributed by atoms with van der Waals surface area (Å²) < 4.78 is 5.38. The Kier molecular flexibility index (Phi) is 5.63. The van der Waals surface area contributed by atoms with Crippen molar-refractivity contribution in [2.75, 3.05) is 6.54 Å². The number of nitrogens with one attached hydrogen (secondary N) is 2. The van der Waals surface area contributed by atoms with Crippen LogP contribution in [-0.2, 0) is 14.3 Å². The minimum absolute atomic E-state index is 0.0735. The molecular weight excluding hydrogens is 406 g/mol. The minimum Gasteiger partial charge on any atom is -0.460 e. The van der Waals surface area contributed by atoms with Crippen LogP contribution in [0.15, 0.2) is 59.5 Å². The molecule has 1 aromatic rings. The van der Waals surface area contributed by atoms with Gasteiger partial charge in [-0.1, -0.05) is 42.8 Å². The molecule has 3 aliphatic rings. The van der Waals surface area contributed by atoms with Crippen molar-refractivity contribution in [3.63, 3.8) is 0 Å². The van der Waals surface area contributed by atoms with Crippen LogP contribution in [-0.4, -0.2) is 41.4 Å². The first-order valence-corrected chi connectivity index (χ1v) is 10.3. The smallest absolute Gasteiger partial charge is 0.313 e. The van der Waals surface area contributed by atoms with Gasteiger partial charge in [0.2, 0.25) is 11.7 Å². The van der Waals surface area contributed by atoms with Crippen molar-refractivity contribution in [3.05, 3.63) is 70.7 Å². The third-order valence-electron chi connectivity index (χ3n) is 5.39. The van der Waals surface area contributed by atoms with E-state index < -0.39 is 5.92 Å². The molecule has 8 heteroatoms. The number of nitrogens with zero attached hydrogens (tertiary/aromatic N) is 1. The number of carbonyl (C=O) groups excluding carboxylic acids is 3. The molecule has 30 heavy (non-hydrogen) atoms. The molecule has 0 bridgehead atoms. The number of amides is 1. The number of hydrogen-bond donors (Lipinski definition) is 2. The molecule has 1 saturated heterocycles. The monoisotopic (exact) mass is 427 g/mol. The number of ether oxygens (including phenoxy) is 1. The predicted octanol–water partition coefficient (Wildman–Crippen LogP) is 2.52. The molecule has 1 fully saturated rings. The van der Waals surface area contributed by atoms with Gasteiger partial charge in [-0.25, -0.2) is 0 Å². The Labute approximate surface area is 179 Å². The van der Waals surface area contributed by atoms with Crippen molar-refractivity contribution in [1.82, 2.24) is 15.5 Å². The van der Waals surface area contributed by atoms with Crippen molar-refractivity contribution in [2.45, 2.75) is 38.0 Å². The van der Waals surface area contributed by atoms with Crippen LogP contribution < -0.4 is 10.6 Å². The second-order valence-electron chi connectivity index (χ2n) is 7.38. The lowest BCUT2D eigenvalue weighted by Gasteiger charge is -2.25. The van der Waals surface area contributed by atoms with Crippen LogP contribution in [0, 0.1) is 0 Å². The third-order valence-corrected chi connectivity index (χ3v) is 5.61. The Morgan fingerprint density at radius 2 is 2.07 bits per heavy atom. The van der Waals surface area contributed by atoms with Crippen LogP contribution in [0.5, 0.6) is 0 Å². The summed E-state index contributed by atoms with van der Waals surface area (Å²) in [6.45, 7) is 2.08. The maximum absolute atomic E-state index is 13.0. The van der Waals surface area contributed by atoms with Crippen LogP contribution >= 0.6 is 11.6 Å². The number of allylic oxidation sites excluding steroid dienone is 3. The van der Waals surface area contributed by atoms with Gasteiger partial charge in [-0.3, -0.25) is 14.4 Å². The minimum atomic E-state index is -0.400. The number of rotatable bonds is 6. The first-order valence-electron chi connectivity index (χ1n) is 9.88. The molecule has 0 saturated carbocycles. The Hall–Kier alpha value is -3.06. The molecular formula is C22H22ClN3O4. The summed E-state index contributed by atoms with van der Waals surface area (Å²) in [5.41, 5.74) is 1.81. The fourth-order valence-electron chi connectivity index (χ4n) is 3.73. The number of Topliss-reactive ketones (excluding diaryl/α,β-unsaturated/α-hetero) is 1. The van der Waals surface area contributed by atoms with Crippen molar-refractivity contribution >= 4 is 29.3 Å². The zero-order chi connectivity index (χ0) is 21.3. The topological polar surface area (TPSA) is 87.7 Å². The number of benzene rings is 1. The molecule has 3 unspecified atom stereocenters. The number of esters is 1. The summed E-state index contributed by atoms with van der Waals surface area (Å²) in [6.07, 6.45) is 7.49. The summed E-state index contributed by atoms with van der Waals surface area (Å²) >= 11 is 6.07. The Bertz CT molecular complexity index is 967. The highest BCUT2D eigenvalue weighted by atomic mass is 35.5. The Morgan fingerprint density at radius 3 is 2.80 bits per heavy atom. The summed E-state index contributed by atoms with van der Waals surface area (Å²) in [5.74, 6) is -0.920. The maximum Gasteiger partial charge on any atom is 0.313 e. The molecule has 156 valence electrons. The first kappa shape index (κ1) is 20.2. The fraction of sp³-hybridized carbons (Fsp3) is 0.318. The van der Waals surface area contributed by atoms with Gasteiger partial charge in [-0.2, -0.15) is 0 Å². The number of hydrogen-bond acceptors (Lipinski definition) is 6. The molecule has 3 atom stereocenters. The number of ketones is 1. The molecule has 0 spiro atoms. The lowest BCUT2D eigenvalue weighted by atomic mass is 9.94. The van der Waals surface area contributed by atoms with Crippen LogP contribution in [0.1, 0.15) is 41.6 Å². The van der Waals surface area contributed by atoms with Gasteiger partial charge in [-0.05, 0) is 17.7 Å². The average Bonchev–Trinajstić information content (AvgIpc) is 3.34. The zero-order valence-electron chi connectivity index (χ0n) is 16.4. The normalized spacial score (nSPS) is 24.5. The summed E-state index contributed by atoms with van der Waals surface area (Å²) in [5, 5.41) is 6.43. The van der Waals surface area contributed by atoms with Crippen LogP contribution in [0.4, 0.5) is 0 Å². The van der Waals surface area contributed by atoms with Crippen LogP contribution in [0.3, 0.4) is 0 Å². The first-order chi connectivity index (χ1) is 14.5. The molecule has 0 aliphatic carbocycles. The Balaban J connectivity index is 1.42. The summed E-state index contributed by atoms with van der Waals surface area (Å²) in [6, 6.07) is 7.00. The van der Waals surface area contributed by atoms with E-state index in [1.54, 1.807) is 54.6 Å². The lowest BCUT2D eigenvalue weighted by molar-refractivity contribution is -0.142. The molecule has 1 aromatic carbocycles. The number of halogens is 1. The molecule has 0 radical (unpaired) electrons. The van der Waals surface area contributed by atoms with Gasteiger partial charge in [0.1, 0.15) is 18.0 Å². The van der Waals surface area contributed by atoms with Crippen molar-refractivity contribution < 1.29 is 19.1 Å². The average molecular weight is 428 g/mol. The van der Waals surface area contributed by atoms with Gasteiger partial charge in [0, 0.05) is 30.8 Å². The second-order valence-corrected chi connectivity index (χ2v) is 7.81. The molecule has 3 aliphatic heterocycles. The summed E-state index contributed by atoms with van der Waals surface area (Å²) in [4.78, 5) is 38.4. The van der Waals surface area contributed by atoms with E-state index >= 15 is 0 Å². The van der Waals surface area contributed by atoms with Crippen molar-refractivity contribution in [2.24, 2.45) is 0 Å². The lowest BCUT2D eigenvalue weighted by Crippen LogP contribution is -2.34. The second kappa shape index (κ2) is 8.36. The summed E-state index contributed by atoms with van der Waals surface area (Å²) in [7, 11) is 0. The van der Waals surface area contributed by atoms with E-state index in [2.05, 4.69) is 10.6 Å². The number of carbonyl (C=O) groups is 3. The highest BCUT2D eigenvalue weighted by Gasteiger charge is 2.36. The van der Waals surface area contributed by atoms with E-state index in [0.717, 1.165) is 5.56 Å². The van der Waals surface area contributed by atoms with E-state index in [1.807, 2.05) is 6.08 Å². The third kappa shape index (κ3) is 3.98. The van der Waals surface area contributed by atoms with Gasteiger partial charge in [0.05, 0.1) is 17.5 Å². The van der Waals surface area contributed by atoms with E-state index in [0.29, 0.717) is 35.7 Å². The van der Waals surface area contributed by atoms with Gasteiger partial charge < -0.3 is 20.3 Å². The maximum atomic E-state index is 13.0. The van der Waals surface area contributed by atoms with Crippen LogP contribution in [0.25, 0.3) is 0 Å². The number of cyclic esters (lactones) is 1. The van der Waals surface area contributed by atoms with E-state index in [-0.39, 0.29) is 29.9 Å². The van der Waals surface area contributed by atoms with E-state index in [9.17, 15) is 14.4 Å². The number of fused-ring (bicyclic) bond motifs is 1. The van der Waals surface area contributed by atoms with Gasteiger partial charge >= 0.3 is 5.97 Å². The van der Waals surface area contributed by atoms with E-state index in [1.165, 1.54) is 0 Å². The molecule has 4 rings (SSSR count). The predicted molar refractivity (Wildman–Crippen MR) is 111 cm³/mol. The van der Waals surface area contributed by atoms with Gasteiger partial charge in [0.25, 0.3) is 0 Å². The van der Waals surface area contributed by atoms with E-state index in [4.69, 9.17) is 16.3 Å². The zero-order valence-corrected chi connectivity index (χ0v) is 17.2. The molecule has 0 aromatic heterocycles. The van der Waals surface area contributed by atoms with Crippen molar-refractivity contribution in [3.8, 4) is 0 Å². The van der Waals surface area contributed by atoms with Crippen LogP contribution in [0.2, 0.25) is 0 Å². The molecule has 7 nitrogen and oxygen atoms in total.